The van der Waals surface area contributed by atoms with E-state index in [0.29, 0.717) is 0 Å². The summed E-state index contributed by atoms with van der Waals surface area (Å²) in [7, 11) is 0. The van der Waals surface area contributed by atoms with E-state index in [1.165, 1.54) is 63.3 Å². The van der Waals surface area contributed by atoms with Crippen molar-refractivity contribution in [2.45, 2.75) is 0 Å². The second-order valence-electron chi connectivity index (χ2n) is 14.2. The Morgan fingerprint density at radius 2 is 1.07 bits per heavy atom. The van der Waals surface area contributed by atoms with Gasteiger partial charge in [-0.05, 0) is 68.6 Å². The van der Waals surface area contributed by atoms with Crippen LogP contribution in [0.2, 0.25) is 0 Å². The Kier molecular flexibility index (Phi) is 6.25. The Morgan fingerprint density at radius 1 is 0.407 bits per heavy atom. The normalized spacial score (nSPS) is 12.1. The first kappa shape index (κ1) is 29.7. The van der Waals surface area contributed by atoms with Crippen molar-refractivity contribution in [1.29, 1.82) is 0 Å². The topological polar surface area (TPSA) is 26.0 Å². The summed E-state index contributed by atoms with van der Waals surface area (Å²) in [5.74, 6) is 0. The fraction of sp³-hybridized carbons (Fsp3) is 0. The van der Waals surface area contributed by atoms with E-state index >= 15 is 0 Å². The first-order valence-corrected chi connectivity index (χ1v) is 19.2. The molecule has 0 saturated heterocycles. The molecule has 250 valence electrons. The van der Waals surface area contributed by atoms with Crippen molar-refractivity contribution in [2.24, 2.45) is 0 Å². The lowest BCUT2D eigenvalue weighted by Crippen LogP contribution is -1.91. The van der Waals surface area contributed by atoms with E-state index in [1.807, 2.05) is 11.3 Å². The van der Waals surface area contributed by atoms with Gasteiger partial charge in [0.05, 0.1) is 11.2 Å². The van der Waals surface area contributed by atoms with Crippen molar-refractivity contribution in [2.75, 3.05) is 0 Å². The summed E-state index contributed by atoms with van der Waals surface area (Å²) in [5.41, 5.74) is 9.50. The van der Waals surface area contributed by atoms with E-state index < -0.39 is 0 Å². The Labute approximate surface area is 314 Å². The van der Waals surface area contributed by atoms with Crippen molar-refractivity contribution >= 4 is 96.7 Å². The summed E-state index contributed by atoms with van der Waals surface area (Å²) in [6, 6.07) is 63.5. The van der Waals surface area contributed by atoms with E-state index in [0.717, 1.165) is 55.6 Å². The van der Waals surface area contributed by atoms with Crippen LogP contribution in [0.1, 0.15) is 0 Å². The van der Waals surface area contributed by atoms with Gasteiger partial charge in [0.2, 0.25) is 0 Å². The van der Waals surface area contributed by atoms with Gasteiger partial charge >= 0.3 is 0 Å². The molecule has 9 aromatic carbocycles. The van der Waals surface area contributed by atoms with E-state index in [4.69, 9.17) is 9.40 Å². The van der Waals surface area contributed by atoms with Crippen molar-refractivity contribution in [3.05, 3.63) is 176 Å². The molecule has 0 N–H and O–H groups in total. The predicted octanol–water partition coefficient (Wildman–Crippen LogP) is 15.0. The molecule has 0 fully saturated rings. The zero-order valence-corrected chi connectivity index (χ0v) is 29.8. The maximum absolute atomic E-state index is 6.74. The maximum Gasteiger partial charge on any atom is 0.143 e. The van der Waals surface area contributed by atoms with Gasteiger partial charge in [-0.3, -0.25) is 0 Å². The molecule has 0 bridgehead atoms. The Balaban J connectivity index is 1.04. The number of furan rings is 1. The van der Waals surface area contributed by atoms with Gasteiger partial charge in [0.1, 0.15) is 11.2 Å². The van der Waals surface area contributed by atoms with Crippen LogP contribution < -0.4 is 0 Å². The van der Waals surface area contributed by atoms with Crippen LogP contribution in [0.4, 0.5) is 0 Å². The highest BCUT2D eigenvalue weighted by Crippen LogP contribution is 2.45. The number of pyridine rings is 1. The number of thiophene rings is 1. The van der Waals surface area contributed by atoms with Gasteiger partial charge in [-0.1, -0.05) is 146 Å². The molecule has 0 saturated carbocycles. The van der Waals surface area contributed by atoms with Crippen molar-refractivity contribution < 1.29 is 4.42 Å². The summed E-state index contributed by atoms with van der Waals surface area (Å²) in [6.45, 7) is 0. The molecule has 0 radical (unpaired) electrons. The van der Waals surface area contributed by atoms with Gasteiger partial charge in [0.25, 0.3) is 0 Å². The van der Waals surface area contributed by atoms with Crippen LogP contribution in [0.25, 0.3) is 119 Å². The first-order valence-electron chi connectivity index (χ1n) is 18.4. The fourth-order valence-electron chi connectivity index (χ4n) is 8.63. The van der Waals surface area contributed by atoms with Crippen LogP contribution >= 0.6 is 11.3 Å². The molecule has 0 spiro atoms. The smallest absolute Gasteiger partial charge is 0.143 e. The summed E-state index contributed by atoms with van der Waals surface area (Å²) >= 11 is 1.88. The van der Waals surface area contributed by atoms with E-state index in [9.17, 15) is 0 Å². The zero-order chi connectivity index (χ0) is 35.3. The number of hydrogen-bond donors (Lipinski definition) is 0. The van der Waals surface area contributed by atoms with E-state index in [1.54, 1.807) is 0 Å². The molecular weight excluding hydrogens is 675 g/mol. The van der Waals surface area contributed by atoms with Crippen LogP contribution in [-0.2, 0) is 0 Å². The molecule has 3 heterocycles. The molecule has 0 atom stereocenters. The number of fused-ring (bicyclic) bond motifs is 13. The van der Waals surface area contributed by atoms with Gasteiger partial charge in [-0.15, -0.1) is 11.3 Å². The molecule has 3 aromatic heterocycles. The lowest BCUT2D eigenvalue weighted by Gasteiger charge is -2.13. The highest BCUT2D eigenvalue weighted by Gasteiger charge is 2.19. The molecular formula is C51H29NOS. The maximum atomic E-state index is 6.74. The van der Waals surface area contributed by atoms with Gasteiger partial charge in [0.15, 0.2) is 0 Å². The minimum Gasteiger partial charge on any atom is -0.455 e. The standard InChI is InChI=1S/C51H29NOS/c1-2-10-32(11-3-1)49-41-25-24-39-38-16-8-9-17-46(38)54-51(39)48(41)40-23-22-35(28-44(40)52-49)30-18-20-31(21-19-30)42-27-36-14-6-7-15-37(36)47-43-26-33-12-4-5-13-34(33)29-45(43)53-50(42)47/h1-29H. The molecule has 0 aliphatic heterocycles. The Morgan fingerprint density at radius 3 is 1.93 bits per heavy atom. The summed E-state index contributed by atoms with van der Waals surface area (Å²) in [6.07, 6.45) is 0. The van der Waals surface area contributed by atoms with Crippen molar-refractivity contribution in [3.63, 3.8) is 0 Å². The van der Waals surface area contributed by atoms with Crippen LogP contribution in [0.15, 0.2) is 180 Å². The first-order chi connectivity index (χ1) is 26.7. The summed E-state index contributed by atoms with van der Waals surface area (Å²) in [5, 5.41) is 13.4. The summed E-state index contributed by atoms with van der Waals surface area (Å²) < 4.78 is 9.37. The third-order valence-electron chi connectivity index (χ3n) is 11.2. The number of nitrogens with zero attached hydrogens (tertiary/aromatic N) is 1. The van der Waals surface area contributed by atoms with Gasteiger partial charge < -0.3 is 4.42 Å². The van der Waals surface area contributed by atoms with Crippen LogP contribution in [0.3, 0.4) is 0 Å². The average Bonchev–Trinajstić information content (AvgIpc) is 3.81. The average molecular weight is 704 g/mol. The SMILES string of the molecule is c1ccc(-c2nc3cc(-c4ccc(-c5cc6ccccc6c6c5oc5cc7ccccc7cc56)cc4)ccc3c3c2ccc2c4ccccc4sc23)cc1. The molecule has 54 heavy (non-hydrogen) atoms. The van der Waals surface area contributed by atoms with Gasteiger partial charge in [-0.2, -0.15) is 0 Å². The number of rotatable bonds is 3. The molecule has 0 unspecified atom stereocenters. The lowest BCUT2D eigenvalue weighted by molar-refractivity contribution is 0.671. The largest absolute Gasteiger partial charge is 0.455 e. The lowest BCUT2D eigenvalue weighted by atomic mass is 9.94. The van der Waals surface area contributed by atoms with Gasteiger partial charge in [0, 0.05) is 58.2 Å². The van der Waals surface area contributed by atoms with Crippen molar-refractivity contribution in [1.82, 2.24) is 4.98 Å². The minimum absolute atomic E-state index is 0.914. The monoisotopic (exact) mass is 703 g/mol. The molecule has 2 nitrogen and oxygen atoms in total. The molecule has 0 amide bonds. The third kappa shape index (κ3) is 4.36. The molecule has 12 rings (SSSR count). The Hall–Kier alpha value is -6.81. The predicted molar refractivity (Wildman–Crippen MR) is 231 cm³/mol. The fourth-order valence-corrected chi connectivity index (χ4v) is 9.90. The third-order valence-corrected chi connectivity index (χ3v) is 12.4. The second kappa shape index (κ2) is 11.3. The highest BCUT2D eigenvalue weighted by molar-refractivity contribution is 7.26. The molecule has 0 aliphatic carbocycles. The quantitative estimate of drug-likeness (QED) is 0.171. The molecule has 0 aliphatic rings. The van der Waals surface area contributed by atoms with E-state index in [-0.39, 0.29) is 0 Å². The molecule has 3 heteroatoms. The second-order valence-corrected chi connectivity index (χ2v) is 15.3. The number of hydrogen-bond acceptors (Lipinski definition) is 3. The highest BCUT2D eigenvalue weighted by atomic mass is 32.1. The summed E-state index contributed by atoms with van der Waals surface area (Å²) in [4.78, 5) is 5.38. The number of benzene rings is 9. The number of aromatic nitrogens is 1. The minimum atomic E-state index is 0.914. The Bertz CT molecular complexity index is 3480. The van der Waals surface area contributed by atoms with E-state index in [2.05, 4.69) is 176 Å². The van der Waals surface area contributed by atoms with Crippen LogP contribution in [0, 0.1) is 0 Å². The molecule has 12 aromatic rings. The zero-order valence-electron chi connectivity index (χ0n) is 29.0. The van der Waals surface area contributed by atoms with Crippen LogP contribution in [-0.4, -0.2) is 4.98 Å². The van der Waals surface area contributed by atoms with Gasteiger partial charge in [-0.25, -0.2) is 4.98 Å². The van der Waals surface area contributed by atoms with Crippen LogP contribution in [0.5, 0.6) is 0 Å². The van der Waals surface area contributed by atoms with Crippen molar-refractivity contribution in [3.8, 4) is 33.5 Å².